The molecule has 3 nitrogen and oxygen atoms in total. The standard InChI is InChI=1S/C12H20O3/c1-4-11(13)10-7-9(12(14)15-3)6-5-8(10)2/h9-11,13H,2,4-7H2,1,3H3/t9-,10+,11+/m0/s1. The van der Waals surface area contributed by atoms with Gasteiger partial charge >= 0.3 is 5.97 Å². The fraction of sp³-hybridized carbons (Fsp3) is 0.750. The molecular formula is C12H20O3. The molecule has 86 valence electrons. The van der Waals surface area contributed by atoms with Crippen LogP contribution in [0.25, 0.3) is 0 Å². The molecule has 1 N–H and O–H groups in total. The summed E-state index contributed by atoms with van der Waals surface area (Å²) in [7, 11) is 1.41. The van der Waals surface area contributed by atoms with E-state index in [1.165, 1.54) is 7.11 Å². The number of ether oxygens (including phenoxy) is 1. The summed E-state index contributed by atoms with van der Waals surface area (Å²) in [6.07, 6.45) is 2.64. The van der Waals surface area contributed by atoms with Crippen LogP contribution in [0.5, 0.6) is 0 Å². The van der Waals surface area contributed by atoms with Crippen LogP contribution in [-0.2, 0) is 9.53 Å². The normalized spacial score (nSPS) is 28.6. The lowest BCUT2D eigenvalue weighted by molar-refractivity contribution is -0.147. The summed E-state index contributed by atoms with van der Waals surface area (Å²) in [5.74, 6) is -0.157. The van der Waals surface area contributed by atoms with E-state index in [0.717, 1.165) is 18.4 Å². The van der Waals surface area contributed by atoms with Gasteiger partial charge in [-0.1, -0.05) is 19.1 Å². The molecule has 1 fully saturated rings. The van der Waals surface area contributed by atoms with Gasteiger partial charge in [-0.3, -0.25) is 4.79 Å². The first-order chi connectivity index (χ1) is 7.10. The molecule has 1 rings (SSSR count). The Hall–Kier alpha value is -0.830. The average Bonchev–Trinajstić information content (AvgIpc) is 2.27. The highest BCUT2D eigenvalue weighted by molar-refractivity contribution is 5.72. The predicted molar refractivity (Wildman–Crippen MR) is 58.3 cm³/mol. The van der Waals surface area contributed by atoms with Gasteiger partial charge in [0.25, 0.3) is 0 Å². The topological polar surface area (TPSA) is 46.5 Å². The summed E-state index contributed by atoms with van der Waals surface area (Å²) < 4.78 is 4.74. The number of aliphatic hydroxyl groups is 1. The zero-order valence-electron chi connectivity index (χ0n) is 9.53. The van der Waals surface area contributed by atoms with E-state index in [0.29, 0.717) is 12.8 Å². The molecule has 1 saturated carbocycles. The van der Waals surface area contributed by atoms with Gasteiger partial charge in [0.2, 0.25) is 0 Å². The molecule has 3 heteroatoms. The minimum atomic E-state index is -0.370. The first-order valence-electron chi connectivity index (χ1n) is 5.53. The quantitative estimate of drug-likeness (QED) is 0.574. The molecule has 0 aromatic rings. The zero-order chi connectivity index (χ0) is 11.4. The van der Waals surface area contributed by atoms with Gasteiger partial charge in [-0.25, -0.2) is 0 Å². The van der Waals surface area contributed by atoms with E-state index < -0.39 is 0 Å². The Morgan fingerprint density at radius 3 is 2.93 bits per heavy atom. The second-order valence-corrected chi connectivity index (χ2v) is 4.23. The molecule has 0 bridgehead atoms. The first kappa shape index (κ1) is 12.2. The van der Waals surface area contributed by atoms with Gasteiger partial charge in [0.15, 0.2) is 0 Å². The molecule has 0 unspecified atom stereocenters. The minimum absolute atomic E-state index is 0.0628. The molecule has 0 spiro atoms. The summed E-state index contributed by atoms with van der Waals surface area (Å²) in [5, 5.41) is 9.81. The maximum absolute atomic E-state index is 11.4. The fourth-order valence-corrected chi connectivity index (χ4v) is 2.23. The minimum Gasteiger partial charge on any atom is -0.469 e. The molecule has 0 aromatic heterocycles. The lowest BCUT2D eigenvalue weighted by atomic mass is 9.75. The van der Waals surface area contributed by atoms with Gasteiger partial charge in [-0.05, 0) is 25.7 Å². The van der Waals surface area contributed by atoms with Crippen molar-refractivity contribution in [3.8, 4) is 0 Å². The van der Waals surface area contributed by atoms with Gasteiger partial charge in [0.05, 0.1) is 19.1 Å². The number of methoxy groups -OCH3 is 1. The molecule has 15 heavy (non-hydrogen) atoms. The van der Waals surface area contributed by atoms with E-state index in [2.05, 4.69) is 6.58 Å². The summed E-state index contributed by atoms with van der Waals surface area (Å²) in [5.41, 5.74) is 1.07. The Labute approximate surface area is 91.1 Å². The zero-order valence-corrected chi connectivity index (χ0v) is 9.53. The maximum Gasteiger partial charge on any atom is 0.308 e. The van der Waals surface area contributed by atoms with Crippen LogP contribution in [0.3, 0.4) is 0 Å². The lowest BCUT2D eigenvalue weighted by Gasteiger charge is -2.32. The Kier molecular flexibility index (Phi) is 4.33. The third kappa shape index (κ3) is 2.81. The van der Waals surface area contributed by atoms with Crippen molar-refractivity contribution in [3.05, 3.63) is 12.2 Å². The number of hydrogen-bond acceptors (Lipinski definition) is 3. The Balaban J connectivity index is 2.63. The van der Waals surface area contributed by atoms with Crippen LogP contribution in [0.1, 0.15) is 32.6 Å². The van der Waals surface area contributed by atoms with E-state index in [1.54, 1.807) is 0 Å². The van der Waals surface area contributed by atoms with Gasteiger partial charge in [0.1, 0.15) is 0 Å². The molecule has 0 aliphatic heterocycles. The molecule has 1 aliphatic carbocycles. The lowest BCUT2D eigenvalue weighted by Crippen LogP contribution is -2.31. The molecule has 1 aliphatic rings. The van der Waals surface area contributed by atoms with E-state index in [9.17, 15) is 9.90 Å². The Morgan fingerprint density at radius 2 is 2.40 bits per heavy atom. The molecule has 0 aromatic carbocycles. The van der Waals surface area contributed by atoms with Crippen LogP contribution in [0.4, 0.5) is 0 Å². The molecule has 0 saturated heterocycles. The highest BCUT2D eigenvalue weighted by Crippen LogP contribution is 2.35. The number of carbonyl (C=O) groups is 1. The number of aliphatic hydroxyl groups excluding tert-OH is 1. The second kappa shape index (κ2) is 5.31. The van der Waals surface area contributed by atoms with Gasteiger partial charge in [0, 0.05) is 5.92 Å². The highest BCUT2D eigenvalue weighted by Gasteiger charge is 2.33. The molecular weight excluding hydrogens is 192 g/mol. The van der Waals surface area contributed by atoms with Crippen molar-refractivity contribution in [3.63, 3.8) is 0 Å². The summed E-state index contributed by atoms with van der Waals surface area (Å²) in [6.45, 7) is 5.92. The van der Waals surface area contributed by atoms with Crippen molar-refractivity contribution < 1.29 is 14.6 Å². The Bertz CT molecular complexity index is 247. The van der Waals surface area contributed by atoms with Crippen molar-refractivity contribution >= 4 is 5.97 Å². The van der Waals surface area contributed by atoms with Crippen LogP contribution in [0.15, 0.2) is 12.2 Å². The maximum atomic E-state index is 11.4. The third-order valence-corrected chi connectivity index (χ3v) is 3.29. The Morgan fingerprint density at radius 1 is 1.73 bits per heavy atom. The van der Waals surface area contributed by atoms with Crippen LogP contribution in [-0.4, -0.2) is 24.3 Å². The van der Waals surface area contributed by atoms with Crippen molar-refractivity contribution in [2.75, 3.05) is 7.11 Å². The molecule has 0 radical (unpaired) electrons. The number of esters is 1. The second-order valence-electron chi connectivity index (χ2n) is 4.23. The van der Waals surface area contributed by atoms with Crippen molar-refractivity contribution in [2.45, 2.75) is 38.7 Å². The van der Waals surface area contributed by atoms with E-state index >= 15 is 0 Å². The van der Waals surface area contributed by atoms with E-state index in [4.69, 9.17) is 4.74 Å². The van der Waals surface area contributed by atoms with Crippen molar-refractivity contribution in [2.24, 2.45) is 11.8 Å². The monoisotopic (exact) mass is 212 g/mol. The molecule has 0 amide bonds. The van der Waals surface area contributed by atoms with Crippen molar-refractivity contribution in [1.82, 2.24) is 0 Å². The molecule has 3 atom stereocenters. The molecule has 0 heterocycles. The number of carbonyl (C=O) groups excluding carboxylic acids is 1. The largest absolute Gasteiger partial charge is 0.469 e. The number of rotatable bonds is 3. The van der Waals surface area contributed by atoms with Crippen LogP contribution >= 0.6 is 0 Å². The van der Waals surface area contributed by atoms with Gasteiger partial charge < -0.3 is 9.84 Å². The third-order valence-electron chi connectivity index (χ3n) is 3.29. The predicted octanol–water partition coefficient (Wildman–Crippen LogP) is 1.90. The SMILES string of the molecule is C=C1CC[C@H](C(=O)OC)C[C@H]1[C@H](O)CC. The van der Waals surface area contributed by atoms with Crippen LogP contribution < -0.4 is 0 Å². The van der Waals surface area contributed by atoms with Crippen molar-refractivity contribution in [1.29, 1.82) is 0 Å². The first-order valence-corrected chi connectivity index (χ1v) is 5.53. The van der Waals surface area contributed by atoms with E-state index in [-0.39, 0.29) is 23.9 Å². The summed E-state index contributed by atoms with van der Waals surface area (Å²) in [4.78, 5) is 11.4. The summed E-state index contributed by atoms with van der Waals surface area (Å²) >= 11 is 0. The fourth-order valence-electron chi connectivity index (χ4n) is 2.23. The van der Waals surface area contributed by atoms with Crippen LogP contribution in [0.2, 0.25) is 0 Å². The van der Waals surface area contributed by atoms with Gasteiger partial charge in [-0.2, -0.15) is 0 Å². The number of hydrogen-bond donors (Lipinski definition) is 1. The van der Waals surface area contributed by atoms with E-state index in [1.807, 2.05) is 6.92 Å². The highest BCUT2D eigenvalue weighted by atomic mass is 16.5. The van der Waals surface area contributed by atoms with Crippen LogP contribution in [0, 0.1) is 11.8 Å². The average molecular weight is 212 g/mol. The van der Waals surface area contributed by atoms with Gasteiger partial charge in [-0.15, -0.1) is 0 Å². The smallest absolute Gasteiger partial charge is 0.308 e. The summed E-state index contributed by atoms with van der Waals surface area (Å²) in [6, 6.07) is 0.